The number of carbonyl (C=O) groups excluding carboxylic acids is 1. The largest absolute Gasteiger partial charge is 0.493 e. The van der Waals surface area contributed by atoms with Crippen LogP contribution in [-0.4, -0.2) is 33.3 Å². The van der Waals surface area contributed by atoms with E-state index in [1.165, 1.54) is 6.08 Å². The average Bonchev–Trinajstić information content (AvgIpc) is 2.65. The molecular weight excluding hydrogens is 402 g/mol. The van der Waals surface area contributed by atoms with Crippen LogP contribution in [0.4, 0.5) is 5.69 Å². The second kappa shape index (κ2) is 8.14. The van der Waals surface area contributed by atoms with Crippen LogP contribution >= 0.6 is 15.9 Å². The monoisotopic (exact) mass is 419 g/mol. The van der Waals surface area contributed by atoms with E-state index >= 15 is 0 Å². The van der Waals surface area contributed by atoms with E-state index in [9.17, 15) is 4.79 Å². The van der Waals surface area contributed by atoms with E-state index < -0.39 is 0 Å². The second-order valence-electron chi connectivity index (χ2n) is 5.42. The molecule has 0 spiro atoms. The zero-order valence-electron chi connectivity index (χ0n) is 14.4. The Kier molecular flexibility index (Phi) is 5.68. The molecule has 0 atom stereocenters. The van der Waals surface area contributed by atoms with Gasteiger partial charge in [-0.25, -0.2) is 0 Å². The summed E-state index contributed by atoms with van der Waals surface area (Å²) >= 11 is 3.43. The number of amides is 1. The fourth-order valence-corrected chi connectivity index (χ4v) is 3.13. The number of methoxy groups -OCH3 is 2. The molecule has 0 bridgehead atoms. The van der Waals surface area contributed by atoms with Gasteiger partial charge in [0.15, 0.2) is 23.0 Å². The molecule has 1 heterocycles. The van der Waals surface area contributed by atoms with Crippen LogP contribution in [0.1, 0.15) is 5.56 Å². The van der Waals surface area contributed by atoms with E-state index in [0.29, 0.717) is 41.9 Å². The molecule has 0 fully saturated rings. The second-order valence-corrected chi connectivity index (χ2v) is 6.27. The minimum absolute atomic E-state index is 0.257. The molecule has 1 amide bonds. The number of anilines is 1. The number of nitrogens with one attached hydrogen (secondary N) is 1. The molecule has 0 saturated heterocycles. The molecule has 3 rings (SSSR count). The lowest BCUT2D eigenvalue weighted by Crippen LogP contribution is -2.16. The Morgan fingerprint density at radius 2 is 1.88 bits per heavy atom. The van der Waals surface area contributed by atoms with E-state index in [0.717, 1.165) is 10.0 Å². The smallest absolute Gasteiger partial charge is 0.248 e. The maximum absolute atomic E-state index is 12.2. The van der Waals surface area contributed by atoms with Crippen molar-refractivity contribution >= 4 is 33.6 Å². The fraction of sp³-hybridized carbons (Fsp3) is 0.211. The Labute approximate surface area is 159 Å². The highest BCUT2D eigenvalue weighted by atomic mass is 79.9. The van der Waals surface area contributed by atoms with Crippen LogP contribution in [0.5, 0.6) is 23.0 Å². The van der Waals surface area contributed by atoms with Gasteiger partial charge in [-0.1, -0.05) is 0 Å². The van der Waals surface area contributed by atoms with Gasteiger partial charge in [-0.05, 0) is 51.8 Å². The van der Waals surface area contributed by atoms with Gasteiger partial charge in [0.25, 0.3) is 0 Å². The lowest BCUT2D eigenvalue weighted by atomic mass is 10.2. The first-order valence-electron chi connectivity index (χ1n) is 7.91. The Morgan fingerprint density at radius 1 is 1.12 bits per heavy atom. The van der Waals surface area contributed by atoms with Crippen molar-refractivity contribution in [3.05, 3.63) is 46.4 Å². The SMILES string of the molecule is COc1cc(C=CC(=O)Nc2ccc3c(c2)OCCO3)cc(Br)c1OC. The van der Waals surface area contributed by atoms with Crippen molar-refractivity contribution in [2.75, 3.05) is 32.8 Å². The number of hydrogen-bond donors (Lipinski definition) is 1. The third kappa shape index (κ3) is 4.11. The van der Waals surface area contributed by atoms with Gasteiger partial charge in [-0.15, -0.1) is 0 Å². The summed E-state index contributed by atoms with van der Waals surface area (Å²) in [6, 6.07) is 8.92. The van der Waals surface area contributed by atoms with E-state index in [2.05, 4.69) is 21.2 Å². The highest BCUT2D eigenvalue weighted by Crippen LogP contribution is 2.36. The summed E-state index contributed by atoms with van der Waals surface area (Å²) in [5.41, 5.74) is 1.43. The number of benzene rings is 2. The molecule has 7 heteroatoms. The van der Waals surface area contributed by atoms with Gasteiger partial charge in [0, 0.05) is 17.8 Å². The molecule has 0 saturated carbocycles. The number of carbonyl (C=O) groups is 1. The molecule has 0 aliphatic carbocycles. The van der Waals surface area contributed by atoms with Crippen molar-refractivity contribution < 1.29 is 23.7 Å². The topological polar surface area (TPSA) is 66.0 Å². The quantitative estimate of drug-likeness (QED) is 0.744. The number of ether oxygens (including phenoxy) is 4. The van der Waals surface area contributed by atoms with Crippen LogP contribution in [-0.2, 0) is 4.79 Å². The first-order chi connectivity index (χ1) is 12.6. The summed E-state index contributed by atoms with van der Waals surface area (Å²) in [6.07, 6.45) is 3.14. The summed E-state index contributed by atoms with van der Waals surface area (Å²) in [7, 11) is 3.13. The fourth-order valence-electron chi connectivity index (χ4n) is 2.51. The summed E-state index contributed by atoms with van der Waals surface area (Å²) in [4.78, 5) is 12.2. The Balaban J connectivity index is 1.71. The Hall–Kier alpha value is -2.67. The minimum Gasteiger partial charge on any atom is -0.493 e. The molecule has 0 aromatic heterocycles. The lowest BCUT2D eigenvalue weighted by Gasteiger charge is -2.18. The Bertz CT molecular complexity index is 850. The van der Waals surface area contributed by atoms with Gasteiger partial charge in [-0.3, -0.25) is 4.79 Å². The summed E-state index contributed by atoms with van der Waals surface area (Å²) in [5.74, 6) is 2.23. The van der Waals surface area contributed by atoms with Crippen LogP contribution in [0.15, 0.2) is 40.9 Å². The zero-order valence-corrected chi connectivity index (χ0v) is 16.0. The number of rotatable bonds is 5. The van der Waals surface area contributed by atoms with Crippen molar-refractivity contribution in [1.29, 1.82) is 0 Å². The highest BCUT2D eigenvalue weighted by molar-refractivity contribution is 9.10. The van der Waals surface area contributed by atoms with Gasteiger partial charge in [-0.2, -0.15) is 0 Å². The molecule has 2 aromatic carbocycles. The maximum atomic E-state index is 12.2. The third-order valence-electron chi connectivity index (χ3n) is 3.69. The van der Waals surface area contributed by atoms with E-state index in [1.807, 2.05) is 6.07 Å². The van der Waals surface area contributed by atoms with E-state index in [1.54, 1.807) is 44.6 Å². The van der Waals surface area contributed by atoms with Crippen molar-refractivity contribution in [2.45, 2.75) is 0 Å². The predicted molar refractivity (Wildman–Crippen MR) is 102 cm³/mol. The van der Waals surface area contributed by atoms with Crippen LogP contribution < -0.4 is 24.3 Å². The average molecular weight is 420 g/mol. The third-order valence-corrected chi connectivity index (χ3v) is 4.28. The molecule has 0 unspecified atom stereocenters. The van der Waals surface area contributed by atoms with Crippen LogP contribution in [0.25, 0.3) is 6.08 Å². The summed E-state index contributed by atoms with van der Waals surface area (Å²) in [5, 5.41) is 2.80. The van der Waals surface area contributed by atoms with Crippen molar-refractivity contribution in [2.24, 2.45) is 0 Å². The highest BCUT2D eigenvalue weighted by Gasteiger charge is 2.12. The molecule has 1 aliphatic heterocycles. The minimum atomic E-state index is -0.257. The number of halogens is 1. The maximum Gasteiger partial charge on any atom is 0.248 e. The molecule has 1 aliphatic rings. The van der Waals surface area contributed by atoms with E-state index in [4.69, 9.17) is 18.9 Å². The van der Waals surface area contributed by atoms with Crippen molar-refractivity contribution in [1.82, 2.24) is 0 Å². The van der Waals surface area contributed by atoms with Crippen molar-refractivity contribution in [3.8, 4) is 23.0 Å². The molecule has 6 nitrogen and oxygen atoms in total. The molecule has 26 heavy (non-hydrogen) atoms. The Morgan fingerprint density at radius 3 is 2.62 bits per heavy atom. The van der Waals surface area contributed by atoms with Crippen LogP contribution in [0.2, 0.25) is 0 Å². The number of hydrogen-bond acceptors (Lipinski definition) is 5. The van der Waals surface area contributed by atoms with Crippen molar-refractivity contribution in [3.63, 3.8) is 0 Å². The van der Waals surface area contributed by atoms with E-state index in [-0.39, 0.29) is 5.91 Å². The predicted octanol–water partition coefficient (Wildman–Crippen LogP) is 3.89. The van der Waals surface area contributed by atoms with Gasteiger partial charge >= 0.3 is 0 Å². The molecular formula is C19H18BrNO5. The molecule has 2 aromatic rings. The number of fused-ring (bicyclic) bond motifs is 1. The first kappa shape index (κ1) is 18.1. The first-order valence-corrected chi connectivity index (χ1v) is 8.70. The van der Waals surface area contributed by atoms with Gasteiger partial charge in [0.1, 0.15) is 13.2 Å². The summed E-state index contributed by atoms with van der Waals surface area (Å²) in [6.45, 7) is 1.03. The van der Waals surface area contributed by atoms with Gasteiger partial charge in [0.05, 0.1) is 18.7 Å². The van der Waals surface area contributed by atoms with Crippen LogP contribution in [0.3, 0.4) is 0 Å². The normalized spacial score (nSPS) is 12.7. The van der Waals surface area contributed by atoms with Gasteiger partial charge in [0.2, 0.25) is 5.91 Å². The zero-order chi connectivity index (χ0) is 18.5. The summed E-state index contributed by atoms with van der Waals surface area (Å²) < 4.78 is 22.3. The standard InChI is InChI=1S/C19H18BrNO5/c1-23-17-10-12(9-14(20)19(17)24-2)3-6-18(22)21-13-4-5-15-16(11-13)26-8-7-25-15/h3-6,9-11H,7-8H2,1-2H3,(H,21,22). The molecule has 0 radical (unpaired) electrons. The van der Waals surface area contributed by atoms with Gasteiger partial charge < -0.3 is 24.3 Å². The molecule has 1 N–H and O–H groups in total. The lowest BCUT2D eigenvalue weighted by molar-refractivity contribution is -0.111. The molecule has 136 valence electrons. The van der Waals surface area contributed by atoms with Crippen LogP contribution in [0, 0.1) is 0 Å².